The number of carboxylic acids is 2. The Kier molecular flexibility index (Phi) is 13.2. The summed E-state index contributed by atoms with van der Waals surface area (Å²) in [6, 6.07) is -4.92. The number of carboxylic acid groups (broad SMARTS) is 2. The van der Waals surface area contributed by atoms with Gasteiger partial charge >= 0.3 is 11.9 Å². The van der Waals surface area contributed by atoms with E-state index in [-0.39, 0.29) is 31.1 Å². The average molecular weight is 475 g/mol. The van der Waals surface area contributed by atoms with Crippen molar-refractivity contribution in [2.75, 3.05) is 0 Å². The molecule has 12 nitrogen and oxygen atoms in total. The molecule has 0 fully saturated rings. The van der Waals surface area contributed by atoms with E-state index >= 15 is 0 Å². The molecule has 0 aliphatic heterocycles. The molecule has 6 unspecified atom stereocenters. The van der Waals surface area contributed by atoms with E-state index in [1.165, 1.54) is 6.92 Å². The fourth-order valence-electron chi connectivity index (χ4n) is 2.98. The van der Waals surface area contributed by atoms with Crippen LogP contribution in [-0.2, 0) is 24.0 Å². The van der Waals surface area contributed by atoms with E-state index in [4.69, 9.17) is 10.8 Å². The van der Waals surface area contributed by atoms with Crippen LogP contribution in [0.15, 0.2) is 0 Å². The van der Waals surface area contributed by atoms with Gasteiger partial charge in [0.05, 0.1) is 12.1 Å². The van der Waals surface area contributed by atoms with E-state index in [9.17, 15) is 34.2 Å². The molecular formula is C21H38N4O8. The minimum Gasteiger partial charge on any atom is -0.481 e. The summed E-state index contributed by atoms with van der Waals surface area (Å²) in [6.07, 6.45) is -1.17. The molecule has 0 heterocycles. The average Bonchev–Trinajstić information content (AvgIpc) is 2.71. The van der Waals surface area contributed by atoms with E-state index in [0.717, 1.165) is 0 Å². The van der Waals surface area contributed by atoms with Gasteiger partial charge in [0.15, 0.2) is 0 Å². The van der Waals surface area contributed by atoms with Crippen LogP contribution in [0.1, 0.15) is 60.3 Å². The Bertz CT molecular complexity index is 698. The van der Waals surface area contributed by atoms with Gasteiger partial charge in [-0.2, -0.15) is 0 Å². The van der Waals surface area contributed by atoms with Crippen molar-refractivity contribution in [1.29, 1.82) is 0 Å². The molecule has 0 saturated heterocycles. The van der Waals surface area contributed by atoms with Crippen molar-refractivity contribution in [2.24, 2.45) is 17.6 Å². The highest BCUT2D eigenvalue weighted by Crippen LogP contribution is 2.11. The van der Waals surface area contributed by atoms with Gasteiger partial charge in [0.2, 0.25) is 17.7 Å². The first-order valence-corrected chi connectivity index (χ1v) is 11.0. The van der Waals surface area contributed by atoms with Gasteiger partial charge < -0.3 is 37.0 Å². The molecule has 0 bridgehead atoms. The van der Waals surface area contributed by atoms with Crippen LogP contribution in [0.2, 0.25) is 0 Å². The number of amides is 3. The lowest BCUT2D eigenvalue weighted by Gasteiger charge is -2.28. The van der Waals surface area contributed by atoms with Crippen molar-refractivity contribution in [3.05, 3.63) is 0 Å². The summed E-state index contributed by atoms with van der Waals surface area (Å²) >= 11 is 0. The van der Waals surface area contributed by atoms with E-state index in [1.807, 2.05) is 13.8 Å². The molecular weight excluding hydrogens is 436 g/mol. The highest BCUT2D eigenvalue weighted by molar-refractivity contribution is 5.94. The smallest absolute Gasteiger partial charge is 0.326 e. The lowest BCUT2D eigenvalue weighted by molar-refractivity contribution is -0.144. The number of aliphatic carboxylic acids is 2. The lowest BCUT2D eigenvalue weighted by Crippen LogP contribution is -2.60. The maximum atomic E-state index is 12.8. The molecule has 8 N–H and O–H groups in total. The minimum absolute atomic E-state index is 0.0445. The number of aliphatic hydroxyl groups is 1. The first-order valence-electron chi connectivity index (χ1n) is 11.0. The molecule has 190 valence electrons. The number of carbonyl (C=O) groups is 5. The summed E-state index contributed by atoms with van der Waals surface area (Å²) in [7, 11) is 0. The van der Waals surface area contributed by atoms with Gasteiger partial charge in [-0.3, -0.25) is 19.2 Å². The summed E-state index contributed by atoms with van der Waals surface area (Å²) in [5.74, 6) is -5.11. The number of rotatable bonds is 15. The molecule has 33 heavy (non-hydrogen) atoms. The molecule has 0 rings (SSSR count). The van der Waals surface area contributed by atoms with Crippen LogP contribution in [-0.4, -0.2) is 75.3 Å². The maximum absolute atomic E-state index is 12.8. The third kappa shape index (κ3) is 11.1. The summed E-state index contributed by atoms with van der Waals surface area (Å²) in [5, 5.41) is 35.3. The molecule has 3 amide bonds. The summed E-state index contributed by atoms with van der Waals surface area (Å²) in [5.41, 5.74) is 5.65. The maximum Gasteiger partial charge on any atom is 0.326 e. The van der Waals surface area contributed by atoms with Crippen molar-refractivity contribution in [3.8, 4) is 0 Å². The molecule has 12 heteroatoms. The lowest BCUT2D eigenvalue weighted by atomic mass is 9.97. The largest absolute Gasteiger partial charge is 0.481 e. The molecule has 0 aliphatic carbocycles. The fourth-order valence-corrected chi connectivity index (χ4v) is 2.98. The Morgan fingerprint density at radius 1 is 0.848 bits per heavy atom. The van der Waals surface area contributed by atoms with Crippen LogP contribution in [0, 0.1) is 11.8 Å². The van der Waals surface area contributed by atoms with Gasteiger partial charge in [0.1, 0.15) is 18.1 Å². The zero-order valence-electron chi connectivity index (χ0n) is 19.8. The topological polar surface area (TPSA) is 208 Å². The van der Waals surface area contributed by atoms with Gasteiger partial charge in [-0.15, -0.1) is 0 Å². The van der Waals surface area contributed by atoms with E-state index in [0.29, 0.717) is 6.42 Å². The van der Waals surface area contributed by atoms with Gasteiger partial charge in [0, 0.05) is 6.42 Å². The van der Waals surface area contributed by atoms with Crippen LogP contribution in [0.3, 0.4) is 0 Å². The van der Waals surface area contributed by atoms with Crippen molar-refractivity contribution in [2.45, 2.75) is 90.6 Å². The summed E-state index contributed by atoms with van der Waals surface area (Å²) < 4.78 is 0. The van der Waals surface area contributed by atoms with Gasteiger partial charge in [-0.1, -0.05) is 34.1 Å². The second-order valence-electron chi connectivity index (χ2n) is 8.67. The van der Waals surface area contributed by atoms with Crippen LogP contribution in [0.25, 0.3) is 0 Å². The molecule has 0 aromatic rings. The SMILES string of the molecule is CCC(C)C(NC(=O)C(CC(C)C)NC(=O)C(NC(=O)C(N)CCC(=O)O)C(C)O)C(=O)O. The quantitative estimate of drug-likeness (QED) is 0.158. The molecule has 0 radical (unpaired) electrons. The number of carbonyl (C=O) groups excluding carboxylic acids is 3. The Balaban J connectivity index is 5.44. The normalized spacial score (nSPS) is 16.6. The molecule has 0 aromatic carbocycles. The third-order valence-electron chi connectivity index (χ3n) is 5.19. The van der Waals surface area contributed by atoms with Crippen LogP contribution < -0.4 is 21.7 Å². The second-order valence-corrected chi connectivity index (χ2v) is 8.67. The van der Waals surface area contributed by atoms with E-state index in [1.54, 1.807) is 13.8 Å². The Morgan fingerprint density at radius 3 is 1.82 bits per heavy atom. The van der Waals surface area contributed by atoms with Crippen molar-refractivity contribution < 1.29 is 39.3 Å². The monoisotopic (exact) mass is 474 g/mol. The Labute approximate surface area is 193 Å². The third-order valence-corrected chi connectivity index (χ3v) is 5.19. The Morgan fingerprint density at radius 2 is 1.39 bits per heavy atom. The zero-order chi connectivity index (χ0) is 25.9. The van der Waals surface area contributed by atoms with Crippen LogP contribution in [0.5, 0.6) is 0 Å². The summed E-state index contributed by atoms with van der Waals surface area (Å²) in [4.78, 5) is 60.0. The van der Waals surface area contributed by atoms with E-state index in [2.05, 4.69) is 16.0 Å². The molecule has 0 aliphatic rings. The first kappa shape index (κ1) is 30.3. The minimum atomic E-state index is -1.46. The molecule has 0 saturated carbocycles. The van der Waals surface area contributed by atoms with Gasteiger partial charge in [-0.05, 0) is 31.6 Å². The molecule has 6 atom stereocenters. The standard InChI is InChI=1S/C21H38N4O8/c1-6-11(4)16(21(32)33)24-19(30)14(9-10(2)3)23-20(31)17(12(5)26)25-18(29)13(22)7-8-15(27)28/h10-14,16-17,26H,6-9,22H2,1-5H3,(H,23,31)(H,24,30)(H,25,29)(H,27,28)(H,32,33). The van der Waals surface area contributed by atoms with Gasteiger partial charge in [-0.25, -0.2) is 4.79 Å². The second kappa shape index (κ2) is 14.4. The van der Waals surface area contributed by atoms with Crippen LogP contribution >= 0.6 is 0 Å². The highest BCUT2D eigenvalue weighted by Gasteiger charge is 2.33. The Hall–Kier alpha value is -2.73. The van der Waals surface area contributed by atoms with Crippen molar-refractivity contribution >= 4 is 29.7 Å². The first-order chi connectivity index (χ1) is 15.2. The van der Waals surface area contributed by atoms with Crippen LogP contribution in [0.4, 0.5) is 0 Å². The summed E-state index contributed by atoms with van der Waals surface area (Å²) in [6.45, 7) is 8.35. The van der Waals surface area contributed by atoms with Gasteiger partial charge in [0.25, 0.3) is 0 Å². The predicted molar refractivity (Wildman–Crippen MR) is 119 cm³/mol. The highest BCUT2D eigenvalue weighted by atomic mass is 16.4. The number of nitrogens with two attached hydrogens (primary N) is 1. The number of hydrogen-bond acceptors (Lipinski definition) is 7. The van der Waals surface area contributed by atoms with Crippen molar-refractivity contribution in [1.82, 2.24) is 16.0 Å². The van der Waals surface area contributed by atoms with E-state index < -0.39 is 59.9 Å². The molecule has 0 aromatic heterocycles. The van der Waals surface area contributed by atoms with Crippen molar-refractivity contribution in [3.63, 3.8) is 0 Å². The zero-order valence-corrected chi connectivity index (χ0v) is 19.8. The number of nitrogens with one attached hydrogen (secondary N) is 3. The predicted octanol–water partition coefficient (Wildman–Crippen LogP) is -0.809. The fraction of sp³-hybridized carbons (Fsp3) is 0.762. The molecule has 0 spiro atoms. The number of hydrogen-bond donors (Lipinski definition) is 7. The number of aliphatic hydroxyl groups excluding tert-OH is 1.